The number of benzene rings is 3. The maximum Gasteiger partial charge on any atom is 1.00 e. The van der Waals surface area contributed by atoms with Crippen LogP contribution in [0.5, 0.6) is 5.75 Å². The Kier molecular flexibility index (Phi) is 24.8. The van der Waals surface area contributed by atoms with Crippen molar-refractivity contribution in [2.45, 2.75) is 6.92 Å². The molecule has 0 aliphatic carbocycles. The van der Waals surface area contributed by atoms with Crippen LogP contribution in [0.15, 0.2) is 72.8 Å². The van der Waals surface area contributed by atoms with Crippen molar-refractivity contribution < 1.29 is 67.6 Å². The Morgan fingerprint density at radius 2 is 1.10 bits per heavy atom. The van der Waals surface area contributed by atoms with Gasteiger partial charge in [0.25, 0.3) is 0 Å². The molecule has 0 fully saturated rings. The average Bonchev–Trinajstić information content (AvgIpc) is 2.67. The Labute approximate surface area is 200 Å². The van der Waals surface area contributed by atoms with Crippen LogP contribution in [-0.2, 0) is 44.8 Å². The molecule has 3 aromatic rings. The van der Waals surface area contributed by atoms with Crippen LogP contribution in [0.3, 0.4) is 0 Å². The van der Waals surface area contributed by atoms with E-state index in [4.69, 9.17) is 10.3 Å². The van der Waals surface area contributed by atoms with Gasteiger partial charge in [-0.2, -0.15) is 41.7 Å². The van der Waals surface area contributed by atoms with E-state index in [0.717, 1.165) is 0 Å². The van der Waals surface area contributed by atoms with Gasteiger partial charge in [-0.05, 0) is 24.3 Å². The summed E-state index contributed by atoms with van der Waals surface area (Å²) < 4.78 is 40.5. The van der Waals surface area contributed by atoms with E-state index in [9.17, 15) is 13.2 Å². The molecular formula is C20H16Ag2BF3NO2. The first kappa shape index (κ1) is 31.9. The Bertz CT molecular complexity index is 725. The van der Waals surface area contributed by atoms with Crippen molar-refractivity contribution in [1.29, 1.82) is 5.26 Å². The van der Waals surface area contributed by atoms with Gasteiger partial charge >= 0.3 is 52.4 Å². The number of rotatable bonds is 2. The molecule has 0 bridgehead atoms. The molecule has 3 aromatic carbocycles. The topological polar surface area (TPSA) is 53.2 Å². The summed E-state index contributed by atoms with van der Waals surface area (Å²) in [6.45, 7) is 1.43. The van der Waals surface area contributed by atoms with Crippen LogP contribution >= 0.6 is 0 Å². The first-order chi connectivity index (χ1) is 13.0. The van der Waals surface area contributed by atoms with Crippen LogP contribution in [-0.4, -0.2) is 12.7 Å². The molecule has 0 spiro atoms. The molecule has 159 valence electrons. The first-order valence-electron chi connectivity index (χ1n) is 7.45. The second-order valence-electron chi connectivity index (χ2n) is 4.34. The molecule has 1 radical (unpaired) electrons. The minimum absolute atomic E-state index is 0. The zero-order valence-corrected chi connectivity index (χ0v) is 18.0. The summed E-state index contributed by atoms with van der Waals surface area (Å²) in [7, 11) is 0.549. The van der Waals surface area contributed by atoms with Gasteiger partial charge in [0, 0.05) is 18.6 Å². The fourth-order valence-electron chi connectivity index (χ4n) is 1.31. The van der Waals surface area contributed by atoms with Gasteiger partial charge in [0.15, 0.2) is 0 Å². The molecule has 1 N–H and O–H groups in total. The Morgan fingerprint density at radius 3 is 1.34 bits per heavy atom. The van der Waals surface area contributed by atoms with Crippen molar-refractivity contribution in [3.63, 3.8) is 0 Å². The summed E-state index contributed by atoms with van der Waals surface area (Å²) in [6, 6.07) is 24.1. The van der Waals surface area contributed by atoms with Gasteiger partial charge < -0.3 is 9.68 Å². The number of halogens is 3. The Hall–Kier alpha value is -1.75. The van der Waals surface area contributed by atoms with E-state index < -0.39 is 0 Å². The number of nitriles is 1. The molecule has 3 nitrogen and oxygen atoms in total. The quantitative estimate of drug-likeness (QED) is 0.356. The van der Waals surface area contributed by atoms with E-state index in [2.05, 4.69) is 16.8 Å². The normalized spacial score (nSPS) is 7.59. The van der Waals surface area contributed by atoms with Crippen LogP contribution in [0.1, 0.15) is 6.92 Å². The summed E-state index contributed by atoms with van der Waals surface area (Å²) in [4.78, 5) is 0. The standard InChI is InChI=1S/C6H5BFO2.2C6H4F.C2H3N.2Ag/c8-5-1-3-6(4-2-5)10-7-9;2*7-6-4-2-1-3-5-6;1-2-3;;/h1-4,9H;2*2-5H;1H3;;/q;2*-1;;2*+1. The second kappa shape index (κ2) is 22.5. The molecule has 29 heavy (non-hydrogen) atoms. The van der Waals surface area contributed by atoms with E-state index >= 15 is 0 Å². The molecule has 0 heterocycles. The summed E-state index contributed by atoms with van der Waals surface area (Å²) in [5.74, 6) is -0.341. The zero-order valence-electron chi connectivity index (χ0n) is 15.0. The fraction of sp³-hybridized carbons (Fsp3) is 0.0500. The molecule has 0 aliphatic heterocycles. The molecular weight excluding hydrogens is 570 g/mol. The smallest absolute Gasteiger partial charge is 0.537 e. The van der Waals surface area contributed by atoms with E-state index in [1.165, 1.54) is 79.7 Å². The maximum atomic E-state index is 12.2. The van der Waals surface area contributed by atoms with E-state index in [-0.39, 0.29) is 62.2 Å². The molecule has 0 amide bonds. The third-order valence-corrected chi connectivity index (χ3v) is 2.36. The van der Waals surface area contributed by atoms with E-state index in [0.29, 0.717) is 13.4 Å². The Balaban J connectivity index is -0.000000322. The van der Waals surface area contributed by atoms with Gasteiger partial charge in [-0.1, -0.05) is 0 Å². The van der Waals surface area contributed by atoms with Crippen LogP contribution in [0.4, 0.5) is 13.2 Å². The largest absolute Gasteiger partial charge is 1.00 e. The Morgan fingerprint density at radius 1 is 0.793 bits per heavy atom. The van der Waals surface area contributed by atoms with Crippen molar-refractivity contribution in [3.8, 4) is 11.8 Å². The van der Waals surface area contributed by atoms with Gasteiger partial charge in [0.1, 0.15) is 11.6 Å². The molecule has 0 saturated heterocycles. The van der Waals surface area contributed by atoms with Crippen LogP contribution in [0.25, 0.3) is 0 Å². The molecule has 3 rings (SSSR count). The van der Waals surface area contributed by atoms with Crippen molar-refractivity contribution in [2.24, 2.45) is 0 Å². The first-order valence-corrected chi connectivity index (χ1v) is 7.45. The number of hydrogen-bond donors (Lipinski definition) is 1. The molecule has 0 aliphatic rings. The minimum Gasteiger partial charge on any atom is -0.537 e. The van der Waals surface area contributed by atoms with Crippen molar-refractivity contribution in [2.75, 3.05) is 0 Å². The molecule has 0 aromatic heterocycles. The SMILES string of the molecule is CC#N.Fc1cc[c-]cc1.Fc1cc[c-]cc1.O[B]Oc1ccc(F)cc1.[Ag+].[Ag+]. The third kappa shape index (κ3) is 20.8. The van der Waals surface area contributed by atoms with Gasteiger partial charge in [-0.25, -0.2) is 13.2 Å². The van der Waals surface area contributed by atoms with Crippen LogP contribution < -0.4 is 4.65 Å². The fourth-order valence-corrected chi connectivity index (χ4v) is 1.31. The maximum absolute atomic E-state index is 12.2. The van der Waals surface area contributed by atoms with Crippen LogP contribution in [0, 0.1) is 40.9 Å². The molecule has 0 saturated carbocycles. The predicted octanol–water partition coefficient (Wildman–Crippen LogP) is 4.51. The van der Waals surface area contributed by atoms with Crippen molar-refractivity contribution >= 4 is 7.69 Å². The predicted molar refractivity (Wildman–Crippen MR) is 96.8 cm³/mol. The molecule has 0 atom stereocenters. The van der Waals surface area contributed by atoms with Crippen molar-refractivity contribution in [3.05, 3.63) is 102 Å². The zero-order chi connectivity index (χ0) is 20.3. The van der Waals surface area contributed by atoms with E-state index in [1.807, 2.05) is 0 Å². The summed E-state index contributed by atoms with van der Waals surface area (Å²) >= 11 is 0. The molecule has 0 unspecified atom stereocenters. The monoisotopic (exact) mass is 584 g/mol. The van der Waals surface area contributed by atoms with Gasteiger partial charge in [0.2, 0.25) is 0 Å². The van der Waals surface area contributed by atoms with Gasteiger partial charge in [0.05, 0.1) is 6.07 Å². The summed E-state index contributed by atoms with van der Waals surface area (Å²) in [5.41, 5.74) is 0. The number of nitrogens with zero attached hydrogens (tertiary/aromatic N) is 1. The average molecular weight is 586 g/mol. The van der Waals surface area contributed by atoms with Gasteiger partial charge in [-0.3, -0.25) is 0 Å². The molecule has 9 heteroatoms. The summed E-state index contributed by atoms with van der Waals surface area (Å²) in [6.07, 6.45) is 0. The van der Waals surface area contributed by atoms with Gasteiger partial charge in [-0.15, -0.1) is 24.3 Å². The van der Waals surface area contributed by atoms with Crippen LogP contribution in [0.2, 0.25) is 0 Å². The minimum atomic E-state index is -0.328. The number of hydrogen-bond acceptors (Lipinski definition) is 3. The second-order valence-corrected chi connectivity index (χ2v) is 4.34. The van der Waals surface area contributed by atoms with Crippen molar-refractivity contribution in [1.82, 2.24) is 0 Å². The third-order valence-electron chi connectivity index (χ3n) is 2.36. The summed E-state index contributed by atoms with van der Waals surface area (Å²) in [5, 5.41) is 15.5. The van der Waals surface area contributed by atoms with E-state index in [1.54, 1.807) is 6.07 Å².